The number of nitrogens with zero attached hydrogens (tertiary/aromatic N) is 3. The molecule has 3 fully saturated rings. The van der Waals surface area contributed by atoms with Gasteiger partial charge in [-0.1, -0.05) is 13.3 Å². The first-order chi connectivity index (χ1) is 13.3. The maximum Gasteiger partial charge on any atom is 0.191 e. The van der Waals surface area contributed by atoms with E-state index in [1.54, 1.807) is 0 Å². The fraction of sp³-hybridized carbons (Fsp3) is 0.952. The van der Waals surface area contributed by atoms with Crippen LogP contribution in [0.1, 0.15) is 52.4 Å². The third-order valence-electron chi connectivity index (χ3n) is 6.43. The molecule has 7 heteroatoms. The van der Waals surface area contributed by atoms with E-state index in [9.17, 15) is 0 Å². The molecule has 3 aliphatic rings. The topological polar surface area (TPSA) is 52.1 Å². The van der Waals surface area contributed by atoms with Crippen LogP contribution in [0.4, 0.5) is 0 Å². The fourth-order valence-corrected chi connectivity index (χ4v) is 4.75. The number of likely N-dealkylation sites (tertiary alicyclic amines) is 2. The third kappa shape index (κ3) is 7.61. The summed E-state index contributed by atoms with van der Waals surface area (Å²) in [6, 6.07) is 1.17. The van der Waals surface area contributed by atoms with Gasteiger partial charge in [-0.2, -0.15) is 0 Å². The van der Waals surface area contributed by atoms with Gasteiger partial charge in [0.2, 0.25) is 0 Å². The van der Waals surface area contributed by atoms with Crippen molar-refractivity contribution < 1.29 is 4.74 Å². The molecular weight excluding hydrogens is 465 g/mol. The Morgan fingerprint density at radius 1 is 1.07 bits per heavy atom. The number of guanidine groups is 1. The van der Waals surface area contributed by atoms with Crippen LogP contribution in [0.15, 0.2) is 4.99 Å². The van der Waals surface area contributed by atoms with Gasteiger partial charge in [-0.05, 0) is 58.0 Å². The van der Waals surface area contributed by atoms with Crippen molar-refractivity contribution in [3.8, 4) is 0 Å². The number of hydrogen-bond donors (Lipinski definition) is 2. The van der Waals surface area contributed by atoms with Crippen LogP contribution in [0.25, 0.3) is 0 Å². The van der Waals surface area contributed by atoms with Crippen molar-refractivity contribution in [3.63, 3.8) is 0 Å². The summed E-state index contributed by atoms with van der Waals surface area (Å²) >= 11 is 0. The number of piperidine rings is 2. The molecule has 0 aromatic heterocycles. The van der Waals surface area contributed by atoms with E-state index in [1.165, 1.54) is 64.7 Å². The second kappa shape index (κ2) is 13.2. The smallest absolute Gasteiger partial charge is 0.191 e. The lowest BCUT2D eigenvalue weighted by molar-refractivity contribution is 0.150. The van der Waals surface area contributed by atoms with E-state index in [1.807, 2.05) is 0 Å². The molecule has 6 nitrogen and oxygen atoms in total. The molecule has 0 bridgehead atoms. The van der Waals surface area contributed by atoms with Gasteiger partial charge in [0.15, 0.2) is 5.96 Å². The maximum absolute atomic E-state index is 5.53. The van der Waals surface area contributed by atoms with Crippen LogP contribution in [-0.4, -0.2) is 86.9 Å². The van der Waals surface area contributed by atoms with Crippen molar-refractivity contribution in [1.82, 2.24) is 20.4 Å². The van der Waals surface area contributed by atoms with Crippen molar-refractivity contribution in [2.75, 3.05) is 59.0 Å². The predicted molar refractivity (Wildman–Crippen MR) is 128 cm³/mol. The standard InChI is InChI=1S/C21H41N5O.HI/c1-3-22-21(23-15-20-7-5-6-11-26(20)4-2)24-19-8-12-25(13-9-19)16-18-10-14-27-17-18;/h18-20H,3-17H2,1-2H3,(H2,22,23,24);1H. The number of rotatable bonds is 7. The van der Waals surface area contributed by atoms with Crippen LogP contribution < -0.4 is 10.6 Å². The minimum absolute atomic E-state index is 0. The van der Waals surface area contributed by atoms with Crippen LogP contribution >= 0.6 is 24.0 Å². The van der Waals surface area contributed by atoms with Gasteiger partial charge in [0, 0.05) is 44.9 Å². The maximum atomic E-state index is 5.53. The monoisotopic (exact) mass is 507 g/mol. The average molecular weight is 508 g/mol. The molecule has 0 aromatic carbocycles. The average Bonchev–Trinajstić information content (AvgIpc) is 3.21. The van der Waals surface area contributed by atoms with E-state index in [4.69, 9.17) is 9.73 Å². The first kappa shape index (κ1) is 24.2. The van der Waals surface area contributed by atoms with E-state index >= 15 is 0 Å². The number of hydrogen-bond acceptors (Lipinski definition) is 4. The van der Waals surface area contributed by atoms with Gasteiger partial charge in [0.1, 0.15) is 0 Å². The minimum Gasteiger partial charge on any atom is -0.381 e. The summed E-state index contributed by atoms with van der Waals surface area (Å²) in [5.74, 6) is 1.77. The number of aliphatic imine (C=N–C) groups is 1. The van der Waals surface area contributed by atoms with E-state index in [2.05, 4.69) is 34.3 Å². The normalized spacial score (nSPS) is 28.1. The minimum atomic E-state index is 0. The summed E-state index contributed by atoms with van der Waals surface area (Å²) in [6.07, 6.45) is 7.65. The zero-order chi connectivity index (χ0) is 18.9. The Morgan fingerprint density at radius 3 is 2.57 bits per heavy atom. The summed E-state index contributed by atoms with van der Waals surface area (Å²) in [6.45, 7) is 14.2. The van der Waals surface area contributed by atoms with Crippen LogP contribution in [0.2, 0.25) is 0 Å². The van der Waals surface area contributed by atoms with Crippen molar-refractivity contribution in [2.45, 2.75) is 64.5 Å². The molecule has 164 valence electrons. The summed E-state index contributed by atoms with van der Waals surface area (Å²) in [5, 5.41) is 7.18. The van der Waals surface area contributed by atoms with Crippen LogP contribution in [0, 0.1) is 5.92 Å². The van der Waals surface area contributed by atoms with Crippen LogP contribution in [0.5, 0.6) is 0 Å². The largest absolute Gasteiger partial charge is 0.381 e. The Bertz CT molecular complexity index is 450. The SMILES string of the molecule is CCNC(=NCC1CCCCN1CC)NC1CCN(CC2CCOC2)CC1.I. The van der Waals surface area contributed by atoms with Crippen LogP contribution in [-0.2, 0) is 4.74 Å². The Morgan fingerprint density at radius 2 is 1.89 bits per heavy atom. The first-order valence-electron chi connectivity index (χ1n) is 11.4. The molecule has 0 spiro atoms. The highest BCUT2D eigenvalue weighted by atomic mass is 127. The molecule has 0 aliphatic carbocycles. The highest BCUT2D eigenvalue weighted by Crippen LogP contribution is 2.18. The second-order valence-corrected chi connectivity index (χ2v) is 8.45. The van der Waals surface area contributed by atoms with Crippen molar-refractivity contribution in [2.24, 2.45) is 10.9 Å². The molecule has 0 amide bonds. The van der Waals surface area contributed by atoms with Crippen molar-refractivity contribution in [3.05, 3.63) is 0 Å². The van der Waals surface area contributed by atoms with E-state index in [-0.39, 0.29) is 24.0 Å². The number of halogens is 1. The highest BCUT2D eigenvalue weighted by molar-refractivity contribution is 14.0. The van der Waals surface area contributed by atoms with Gasteiger partial charge >= 0.3 is 0 Å². The molecule has 0 aromatic rings. The Labute approximate surface area is 189 Å². The lowest BCUT2D eigenvalue weighted by Crippen LogP contribution is -2.50. The third-order valence-corrected chi connectivity index (χ3v) is 6.43. The molecule has 3 heterocycles. The molecule has 0 radical (unpaired) electrons. The van der Waals surface area contributed by atoms with Gasteiger partial charge in [0.05, 0.1) is 13.2 Å². The van der Waals surface area contributed by atoms with Gasteiger partial charge in [-0.3, -0.25) is 9.89 Å². The summed E-state index contributed by atoms with van der Waals surface area (Å²) in [7, 11) is 0. The molecule has 0 saturated carbocycles. The Kier molecular flexibility index (Phi) is 11.4. The lowest BCUT2D eigenvalue weighted by atomic mass is 10.0. The molecular formula is C21H42IN5O. The second-order valence-electron chi connectivity index (χ2n) is 8.45. The summed E-state index contributed by atoms with van der Waals surface area (Å²) < 4.78 is 5.53. The molecule has 2 atom stereocenters. The van der Waals surface area contributed by atoms with Gasteiger partial charge in [0.25, 0.3) is 0 Å². The zero-order valence-corrected chi connectivity index (χ0v) is 20.3. The first-order valence-corrected chi connectivity index (χ1v) is 11.4. The number of ether oxygens (including phenoxy) is 1. The summed E-state index contributed by atoms with van der Waals surface area (Å²) in [4.78, 5) is 10.2. The predicted octanol–water partition coefficient (Wildman–Crippen LogP) is 2.53. The Balaban J connectivity index is 0.00000280. The van der Waals surface area contributed by atoms with E-state index in [0.717, 1.165) is 44.7 Å². The van der Waals surface area contributed by atoms with Gasteiger partial charge < -0.3 is 20.3 Å². The summed E-state index contributed by atoms with van der Waals surface area (Å²) in [5.41, 5.74) is 0. The quantitative estimate of drug-likeness (QED) is 0.315. The molecule has 3 saturated heterocycles. The molecule has 2 N–H and O–H groups in total. The molecule has 2 unspecified atom stereocenters. The lowest BCUT2D eigenvalue weighted by Gasteiger charge is -2.35. The zero-order valence-electron chi connectivity index (χ0n) is 18.0. The number of likely N-dealkylation sites (N-methyl/N-ethyl adjacent to an activating group) is 1. The highest BCUT2D eigenvalue weighted by Gasteiger charge is 2.25. The Hall–Kier alpha value is -0.120. The number of nitrogens with one attached hydrogen (secondary N) is 2. The molecule has 3 rings (SSSR count). The van der Waals surface area contributed by atoms with Crippen LogP contribution in [0.3, 0.4) is 0 Å². The van der Waals surface area contributed by atoms with Crippen molar-refractivity contribution in [1.29, 1.82) is 0 Å². The fourth-order valence-electron chi connectivity index (χ4n) is 4.75. The van der Waals surface area contributed by atoms with Crippen molar-refractivity contribution >= 4 is 29.9 Å². The van der Waals surface area contributed by atoms with Gasteiger partial charge in [-0.25, -0.2) is 0 Å². The van der Waals surface area contributed by atoms with E-state index in [0.29, 0.717) is 12.1 Å². The van der Waals surface area contributed by atoms with Gasteiger partial charge in [-0.15, -0.1) is 24.0 Å². The molecule has 3 aliphatic heterocycles. The van der Waals surface area contributed by atoms with E-state index < -0.39 is 0 Å². The molecule has 28 heavy (non-hydrogen) atoms.